The molecule has 0 radical (unpaired) electrons. The smallest absolute Gasteiger partial charge is 0.261 e. The first kappa shape index (κ1) is 15.9. The molecule has 0 aliphatic rings. The summed E-state index contributed by atoms with van der Waals surface area (Å²) >= 11 is 11.8. The molecule has 0 bridgehead atoms. The summed E-state index contributed by atoms with van der Waals surface area (Å²) in [4.78, 5) is 0.176. The first-order valence-corrected chi connectivity index (χ1v) is 8.29. The average molecular weight is 345 g/mol. The maximum Gasteiger partial charge on any atom is 0.261 e. The van der Waals surface area contributed by atoms with E-state index in [0.29, 0.717) is 0 Å². The number of nitrogens with two attached hydrogens (primary N) is 1. The quantitative estimate of drug-likeness (QED) is 0.826. The van der Waals surface area contributed by atoms with Crippen LogP contribution in [0.1, 0.15) is 11.1 Å². The third-order valence-electron chi connectivity index (χ3n) is 3.12. The number of halogens is 2. The number of hydrogen-bond acceptors (Lipinski definition) is 3. The third-order valence-corrected chi connectivity index (χ3v) is 5.12. The van der Waals surface area contributed by atoms with E-state index in [2.05, 4.69) is 4.72 Å². The van der Waals surface area contributed by atoms with Crippen LogP contribution in [0.5, 0.6) is 0 Å². The Balaban J connectivity index is 2.39. The van der Waals surface area contributed by atoms with Gasteiger partial charge in [-0.1, -0.05) is 29.3 Å². The van der Waals surface area contributed by atoms with E-state index in [1.165, 1.54) is 12.1 Å². The number of benzene rings is 2. The summed E-state index contributed by atoms with van der Waals surface area (Å²) in [6.07, 6.45) is 0. The molecule has 0 aliphatic carbocycles. The highest BCUT2D eigenvalue weighted by molar-refractivity contribution is 7.92. The molecular formula is C14H14Cl2N2O2S. The van der Waals surface area contributed by atoms with Crippen LogP contribution in [0.2, 0.25) is 10.0 Å². The Kier molecular flexibility index (Phi) is 4.37. The van der Waals surface area contributed by atoms with Crippen molar-refractivity contribution in [3.8, 4) is 0 Å². The summed E-state index contributed by atoms with van der Waals surface area (Å²) < 4.78 is 27.1. The Bertz CT molecular complexity index is 782. The molecule has 0 atom stereocenters. The lowest BCUT2D eigenvalue weighted by Crippen LogP contribution is -2.13. The largest absolute Gasteiger partial charge is 0.396 e. The molecule has 21 heavy (non-hydrogen) atoms. The van der Waals surface area contributed by atoms with Crippen molar-refractivity contribution >= 4 is 44.6 Å². The first-order valence-electron chi connectivity index (χ1n) is 6.05. The molecule has 7 heteroatoms. The minimum Gasteiger partial charge on any atom is -0.396 e. The van der Waals surface area contributed by atoms with Crippen molar-refractivity contribution in [2.24, 2.45) is 0 Å². The van der Waals surface area contributed by atoms with Crippen molar-refractivity contribution in [3.63, 3.8) is 0 Å². The van der Waals surface area contributed by atoms with Crippen LogP contribution < -0.4 is 10.5 Å². The zero-order chi connectivity index (χ0) is 15.8. The van der Waals surface area contributed by atoms with E-state index in [1.807, 2.05) is 13.8 Å². The Labute approximate surface area is 133 Å². The maximum absolute atomic E-state index is 12.3. The molecule has 0 heterocycles. The lowest BCUT2D eigenvalue weighted by molar-refractivity contribution is 0.601. The van der Waals surface area contributed by atoms with Gasteiger partial charge in [0.15, 0.2) is 0 Å². The van der Waals surface area contributed by atoms with Crippen LogP contribution in [0.4, 0.5) is 11.4 Å². The second-order valence-electron chi connectivity index (χ2n) is 4.71. The zero-order valence-corrected chi connectivity index (χ0v) is 13.8. The van der Waals surface area contributed by atoms with Gasteiger partial charge in [0, 0.05) is 0 Å². The topological polar surface area (TPSA) is 72.2 Å². The van der Waals surface area contributed by atoms with Crippen LogP contribution in [0.25, 0.3) is 0 Å². The second kappa shape index (κ2) is 5.75. The minimum absolute atomic E-state index is 0.176. The van der Waals surface area contributed by atoms with E-state index in [4.69, 9.17) is 28.9 Å². The highest BCUT2D eigenvalue weighted by Gasteiger charge is 2.16. The minimum atomic E-state index is -3.71. The normalized spacial score (nSPS) is 11.4. The van der Waals surface area contributed by atoms with E-state index in [0.717, 1.165) is 11.1 Å². The van der Waals surface area contributed by atoms with Gasteiger partial charge in [-0.05, 0) is 49.2 Å². The van der Waals surface area contributed by atoms with Gasteiger partial charge in [-0.3, -0.25) is 4.72 Å². The van der Waals surface area contributed by atoms with Gasteiger partial charge in [0.1, 0.15) is 0 Å². The van der Waals surface area contributed by atoms with Gasteiger partial charge < -0.3 is 5.73 Å². The van der Waals surface area contributed by atoms with Gasteiger partial charge in [-0.2, -0.15) is 0 Å². The van der Waals surface area contributed by atoms with Crippen molar-refractivity contribution in [2.45, 2.75) is 18.7 Å². The van der Waals surface area contributed by atoms with Gasteiger partial charge >= 0.3 is 0 Å². The molecular weight excluding hydrogens is 331 g/mol. The van der Waals surface area contributed by atoms with Crippen molar-refractivity contribution < 1.29 is 8.42 Å². The lowest BCUT2D eigenvalue weighted by Gasteiger charge is -2.11. The Morgan fingerprint density at radius 3 is 2.10 bits per heavy atom. The summed E-state index contributed by atoms with van der Waals surface area (Å²) in [6, 6.07) is 7.75. The Morgan fingerprint density at radius 2 is 1.57 bits per heavy atom. The average Bonchev–Trinajstić information content (AvgIpc) is 2.38. The highest BCUT2D eigenvalue weighted by Crippen LogP contribution is 2.32. The fourth-order valence-corrected chi connectivity index (χ4v) is 3.35. The van der Waals surface area contributed by atoms with Crippen molar-refractivity contribution in [2.75, 3.05) is 10.5 Å². The maximum atomic E-state index is 12.3. The third kappa shape index (κ3) is 3.43. The summed E-state index contributed by atoms with van der Waals surface area (Å²) in [5.41, 5.74) is 8.01. The summed E-state index contributed by atoms with van der Waals surface area (Å²) in [6.45, 7) is 3.77. The van der Waals surface area contributed by atoms with Crippen molar-refractivity contribution in [1.29, 1.82) is 0 Å². The molecule has 0 saturated carbocycles. The number of anilines is 2. The molecule has 3 N–H and O–H groups in total. The summed E-state index contributed by atoms with van der Waals surface area (Å²) in [7, 11) is -3.71. The SMILES string of the molecule is Cc1ccc(S(=O)(=O)Nc2cc(Cl)c(N)c(Cl)c2)cc1C. The second-order valence-corrected chi connectivity index (χ2v) is 7.20. The summed E-state index contributed by atoms with van der Waals surface area (Å²) in [5, 5.41) is 0.389. The number of sulfonamides is 1. The van der Waals surface area contributed by atoms with E-state index in [-0.39, 0.29) is 26.3 Å². The molecule has 4 nitrogen and oxygen atoms in total. The first-order chi connectivity index (χ1) is 9.70. The van der Waals surface area contributed by atoms with Crippen LogP contribution in [0.15, 0.2) is 35.2 Å². The predicted molar refractivity (Wildman–Crippen MR) is 87.6 cm³/mol. The molecule has 0 unspecified atom stereocenters. The van der Waals surface area contributed by atoms with Gasteiger partial charge in [-0.15, -0.1) is 0 Å². The van der Waals surface area contributed by atoms with Crippen LogP contribution in [-0.4, -0.2) is 8.42 Å². The molecule has 2 aromatic carbocycles. The highest BCUT2D eigenvalue weighted by atomic mass is 35.5. The molecule has 0 spiro atoms. The van der Waals surface area contributed by atoms with Gasteiger partial charge in [0.25, 0.3) is 10.0 Å². The number of hydrogen-bond donors (Lipinski definition) is 2. The monoisotopic (exact) mass is 344 g/mol. The molecule has 0 aromatic heterocycles. The number of rotatable bonds is 3. The molecule has 112 valence electrons. The van der Waals surface area contributed by atoms with Crippen LogP contribution in [0.3, 0.4) is 0 Å². The molecule has 0 saturated heterocycles. The molecule has 2 rings (SSSR count). The molecule has 0 aliphatic heterocycles. The molecule has 0 amide bonds. The lowest BCUT2D eigenvalue weighted by atomic mass is 10.1. The van der Waals surface area contributed by atoms with E-state index < -0.39 is 10.0 Å². The van der Waals surface area contributed by atoms with Crippen molar-refractivity contribution in [1.82, 2.24) is 0 Å². The van der Waals surface area contributed by atoms with Crippen LogP contribution in [-0.2, 0) is 10.0 Å². The number of nitrogens with one attached hydrogen (secondary N) is 1. The van der Waals surface area contributed by atoms with E-state index >= 15 is 0 Å². The van der Waals surface area contributed by atoms with E-state index in [1.54, 1.807) is 18.2 Å². The zero-order valence-electron chi connectivity index (χ0n) is 11.4. The summed E-state index contributed by atoms with van der Waals surface area (Å²) in [5.74, 6) is 0. The van der Waals surface area contributed by atoms with Crippen LogP contribution >= 0.6 is 23.2 Å². The fourth-order valence-electron chi connectivity index (χ4n) is 1.74. The van der Waals surface area contributed by atoms with Crippen molar-refractivity contribution in [3.05, 3.63) is 51.5 Å². The predicted octanol–water partition coefficient (Wildman–Crippen LogP) is 3.99. The van der Waals surface area contributed by atoms with E-state index in [9.17, 15) is 8.42 Å². The van der Waals surface area contributed by atoms with Gasteiger partial charge in [-0.25, -0.2) is 8.42 Å². The molecule has 0 fully saturated rings. The Morgan fingerprint density at radius 1 is 1.00 bits per heavy atom. The Hall–Kier alpha value is -1.43. The van der Waals surface area contributed by atoms with Gasteiger partial charge in [0.05, 0.1) is 26.3 Å². The number of nitrogen functional groups attached to an aromatic ring is 1. The van der Waals surface area contributed by atoms with Crippen LogP contribution in [0, 0.1) is 13.8 Å². The fraction of sp³-hybridized carbons (Fsp3) is 0.143. The molecule has 2 aromatic rings. The number of aryl methyl sites for hydroxylation is 2. The standard InChI is InChI=1S/C14H14Cl2N2O2S/c1-8-3-4-11(5-9(8)2)21(19,20)18-10-6-12(15)14(17)13(16)7-10/h3-7,18H,17H2,1-2H3. The van der Waals surface area contributed by atoms with Gasteiger partial charge in [0.2, 0.25) is 0 Å².